The van der Waals surface area contributed by atoms with Gasteiger partial charge in [-0.1, -0.05) is 13.3 Å². The van der Waals surface area contributed by atoms with Gasteiger partial charge >= 0.3 is 0 Å². The third kappa shape index (κ3) is 2.86. The SMILES string of the molecule is CC1(CNC(=O)c2cc(F)ccc2Br)CCC1. The highest BCUT2D eigenvalue weighted by atomic mass is 79.9. The van der Waals surface area contributed by atoms with Crippen LogP contribution in [-0.4, -0.2) is 12.5 Å². The van der Waals surface area contributed by atoms with E-state index in [1.54, 1.807) is 6.07 Å². The van der Waals surface area contributed by atoms with Gasteiger partial charge in [-0.2, -0.15) is 0 Å². The standard InChI is InChI=1S/C13H15BrFNO/c1-13(5-2-6-13)8-16-12(17)10-7-9(15)3-4-11(10)14/h3-4,7H,2,5-6,8H2,1H3,(H,16,17). The lowest BCUT2D eigenvalue weighted by Gasteiger charge is -2.38. The smallest absolute Gasteiger partial charge is 0.252 e. The second-order valence-electron chi connectivity index (χ2n) is 4.97. The number of benzene rings is 1. The first-order valence-corrected chi connectivity index (χ1v) is 6.53. The van der Waals surface area contributed by atoms with E-state index in [2.05, 4.69) is 28.2 Å². The summed E-state index contributed by atoms with van der Waals surface area (Å²) < 4.78 is 13.7. The van der Waals surface area contributed by atoms with E-state index < -0.39 is 5.82 Å². The van der Waals surface area contributed by atoms with E-state index in [1.165, 1.54) is 18.6 Å². The molecule has 0 unspecified atom stereocenters. The molecule has 1 fully saturated rings. The minimum absolute atomic E-state index is 0.218. The van der Waals surface area contributed by atoms with Crippen molar-refractivity contribution >= 4 is 21.8 Å². The molecule has 0 aromatic heterocycles. The molecule has 0 aliphatic heterocycles. The summed E-state index contributed by atoms with van der Waals surface area (Å²) in [6.07, 6.45) is 3.53. The molecule has 1 aliphatic carbocycles. The van der Waals surface area contributed by atoms with Gasteiger partial charge in [0.05, 0.1) is 5.56 Å². The van der Waals surface area contributed by atoms with Crippen LogP contribution >= 0.6 is 15.9 Å². The number of rotatable bonds is 3. The maximum absolute atomic E-state index is 13.1. The number of carbonyl (C=O) groups excluding carboxylic acids is 1. The predicted octanol–water partition coefficient (Wildman–Crippen LogP) is 3.51. The van der Waals surface area contributed by atoms with Gasteiger partial charge in [-0.05, 0) is 52.4 Å². The molecule has 2 rings (SSSR count). The highest BCUT2D eigenvalue weighted by Gasteiger charge is 2.32. The molecular formula is C13H15BrFNO. The fourth-order valence-corrected chi connectivity index (χ4v) is 2.44. The molecule has 1 aliphatic rings. The molecule has 0 atom stereocenters. The Kier molecular flexibility index (Phi) is 3.52. The van der Waals surface area contributed by atoms with E-state index in [0.29, 0.717) is 16.6 Å². The highest BCUT2D eigenvalue weighted by Crippen LogP contribution is 2.39. The van der Waals surface area contributed by atoms with Crippen LogP contribution in [0.1, 0.15) is 36.5 Å². The molecule has 1 N–H and O–H groups in total. The zero-order chi connectivity index (χ0) is 12.5. The van der Waals surface area contributed by atoms with Crippen LogP contribution in [0.5, 0.6) is 0 Å². The van der Waals surface area contributed by atoms with E-state index in [1.807, 2.05) is 0 Å². The van der Waals surface area contributed by atoms with E-state index in [-0.39, 0.29) is 11.3 Å². The van der Waals surface area contributed by atoms with Gasteiger partial charge in [0.2, 0.25) is 0 Å². The maximum atomic E-state index is 13.1. The zero-order valence-electron chi connectivity index (χ0n) is 9.72. The molecule has 0 bridgehead atoms. The van der Waals surface area contributed by atoms with Gasteiger partial charge in [-0.3, -0.25) is 4.79 Å². The molecule has 0 spiro atoms. The number of hydrogen-bond donors (Lipinski definition) is 1. The van der Waals surface area contributed by atoms with Crippen LogP contribution in [0.25, 0.3) is 0 Å². The summed E-state index contributed by atoms with van der Waals surface area (Å²) in [5.74, 6) is -0.613. The Morgan fingerprint density at radius 3 is 2.82 bits per heavy atom. The summed E-state index contributed by atoms with van der Waals surface area (Å²) in [7, 11) is 0. The monoisotopic (exact) mass is 299 g/mol. The molecule has 4 heteroatoms. The first-order valence-electron chi connectivity index (χ1n) is 5.73. The lowest BCUT2D eigenvalue weighted by molar-refractivity contribution is 0.0889. The normalized spacial score (nSPS) is 17.4. The maximum Gasteiger partial charge on any atom is 0.252 e. The Morgan fingerprint density at radius 2 is 2.24 bits per heavy atom. The summed E-state index contributed by atoms with van der Waals surface area (Å²) in [6.45, 7) is 2.83. The van der Waals surface area contributed by atoms with Crippen LogP contribution in [0.2, 0.25) is 0 Å². The highest BCUT2D eigenvalue weighted by molar-refractivity contribution is 9.10. The van der Waals surface area contributed by atoms with Crippen molar-refractivity contribution < 1.29 is 9.18 Å². The Balaban J connectivity index is 2.01. The summed E-state index contributed by atoms with van der Waals surface area (Å²) in [6, 6.07) is 4.13. The van der Waals surface area contributed by atoms with Crippen molar-refractivity contribution in [3.63, 3.8) is 0 Å². The van der Waals surface area contributed by atoms with Crippen LogP contribution in [0.3, 0.4) is 0 Å². The third-order valence-electron chi connectivity index (χ3n) is 3.41. The Morgan fingerprint density at radius 1 is 1.53 bits per heavy atom. The van der Waals surface area contributed by atoms with E-state index in [0.717, 1.165) is 12.8 Å². The summed E-state index contributed by atoms with van der Waals surface area (Å²) in [5, 5.41) is 2.87. The van der Waals surface area contributed by atoms with Gasteiger partial charge in [0, 0.05) is 11.0 Å². The molecule has 1 amide bonds. The summed E-state index contributed by atoms with van der Waals surface area (Å²) in [5.41, 5.74) is 0.586. The van der Waals surface area contributed by atoms with Crippen molar-refractivity contribution in [1.29, 1.82) is 0 Å². The summed E-state index contributed by atoms with van der Waals surface area (Å²) >= 11 is 3.26. The topological polar surface area (TPSA) is 29.1 Å². The fourth-order valence-electron chi connectivity index (χ4n) is 2.02. The van der Waals surface area contributed by atoms with Crippen LogP contribution in [-0.2, 0) is 0 Å². The average Bonchev–Trinajstić information content (AvgIpc) is 2.26. The molecule has 0 heterocycles. The van der Waals surface area contributed by atoms with Crippen LogP contribution in [0.4, 0.5) is 4.39 Å². The molecule has 1 aromatic carbocycles. The Labute approximate surface area is 109 Å². The molecule has 1 saturated carbocycles. The number of carbonyl (C=O) groups is 1. The van der Waals surface area contributed by atoms with Gasteiger partial charge in [0.1, 0.15) is 5.82 Å². The van der Waals surface area contributed by atoms with Crippen molar-refractivity contribution in [2.75, 3.05) is 6.54 Å². The summed E-state index contributed by atoms with van der Waals surface area (Å²) in [4.78, 5) is 11.9. The van der Waals surface area contributed by atoms with Gasteiger partial charge in [-0.25, -0.2) is 4.39 Å². The molecule has 0 radical (unpaired) electrons. The first-order chi connectivity index (χ1) is 8.00. The molecular weight excluding hydrogens is 285 g/mol. The van der Waals surface area contributed by atoms with Gasteiger partial charge in [-0.15, -0.1) is 0 Å². The molecule has 2 nitrogen and oxygen atoms in total. The van der Waals surface area contributed by atoms with Crippen molar-refractivity contribution in [3.8, 4) is 0 Å². The van der Waals surface area contributed by atoms with Crippen molar-refractivity contribution in [3.05, 3.63) is 34.1 Å². The third-order valence-corrected chi connectivity index (χ3v) is 4.10. The molecule has 1 aromatic rings. The predicted molar refractivity (Wildman–Crippen MR) is 68.4 cm³/mol. The molecule has 0 saturated heterocycles. The number of amides is 1. The molecule has 92 valence electrons. The lowest BCUT2D eigenvalue weighted by atomic mass is 9.70. The first kappa shape index (κ1) is 12.6. The minimum atomic E-state index is -0.395. The Bertz CT molecular complexity index is 443. The Hall–Kier alpha value is -0.900. The van der Waals surface area contributed by atoms with Crippen molar-refractivity contribution in [1.82, 2.24) is 5.32 Å². The fraction of sp³-hybridized carbons (Fsp3) is 0.462. The van der Waals surface area contributed by atoms with Crippen molar-refractivity contribution in [2.24, 2.45) is 5.41 Å². The van der Waals surface area contributed by atoms with E-state index >= 15 is 0 Å². The average molecular weight is 300 g/mol. The van der Waals surface area contributed by atoms with Gasteiger partial charge in [0.15, 0.2) is 0 Å². The zero-order valence-corrected chi connectivity index (χ0v) is 11.3. The van der Waals surface area contributed by atoms with Gasteiger partial charge < -0.3 is 5.32 Å². The second-order valence-corrected chi connectivity index (χ2v) is 5.83. The van der Waals surface area contributed by atoms with E-state index in [4.69, 9.17) is 0 Å². The lowest BCUT2D eigenvalue weighted by Crippen LogP contribution is -2.40. The second kappa shape index (κ2) is 4.77. The molecule has 17 heavy (non-hydrogen) atoms. The van der Waals surface area contributed by atoms with Crippen LogP contribution in [0.15, 0.2) is 22.7 Å². The quantitative estimate of drug-likeness (QED) is 0.909. The largest absolute Gasteiger partial charge is 0.351 e. The number of hydrogen-bond acceptors (Lipinski definition) is 1. The van der Waals surface area contributed by atoms with E-state index in [9.17, 15) is 9.18 Å². The van der Waals surface area contributed by atoms with Crippen LogP contribution in [0, 0.1) is 11.2 Å². The van der Waals surface area contributed by atoms with Gasteiger partial charge in [0.25, 0.3) is 5.91 Å². The van der Waals surface area contributed by atoms with Crippen LogP contribution < -0.4 is 5.32 Å². The van der Waals surface area contributed by atoms with Crippen molar-refractivity contribution in [2.45, 2.75) is 26.2 Å². The minimum Gasteiger partial charge on any atom is -0.351 e. The number of nitrogens with one attached hydrogen (secondary N) is 1. The number of halogens is 2.